The summed E-state index contributed by atoms with van der Waals surface area (Å²) in [6.45, 7) is 2.48. The van der Waals surface area contributed by atoms with Gasteiger partial charge in [0.1, 0.15) is 4.21 Å². The molecule has 0 radical (unpaired) electrons. The van der Waals surface area contributed by atoms with Crippen LogP contribution < -0.4 is 10.2 Å². The van der Waals surface area contributed by atoms with Gasteiger partial charge in [-0.05, 0) is 58.3 Å². The first-order valence-electron chi connectivity index (χ1n) is 7.88. The van der Waals surface area contributed by atoms with Crippen LogP contribution >= 0.6 is 33.9 Å². The lowest BCUT2D eigenvalue weighted by atomic mass is 10.3. The molecule has 0 saturated carbocycles. The Hall–Kier alpha value is -1.01. The predicted molar refractivity (Wildman–Crippen MR) is 106 cm³/mol. The van der Waals surface area contributed by atoms with Crippen molar-refractivity contribution in [2.75, 3.05) is 38.0 Å². The van der Waals surface area contributed by atoms with E-state index in [0.29, 0.717) is 36.9 Å². The van der Waals surface area contributed by atoms with Crippen LogP contribution in [0.2, 0.25) is 0 Å². The van der Waals surface area contributed by atoms with Gasteiger partial charge in [-0.1, -0.05) is 6.07 Å². The lowest BCUT2D eigenvalue weighted by molar-refractivity contribution is -0.895. The van der Waals surface area contributed by atoms with Gasteiger partial charge in [0.2, 0.25) is 0 Å². The van der Waals surface area contributed by atoms with Crippen molar-refractivity contribution >= 4 is 55.5 Å². The fraction of sp³-hybridized carbons (Fsp3) is 0.312. The van der Waals surface area contributed by atoms with Gasteiger partial charge in [0, 0.05) is 9.26 Å². The molecule has 1 aliphatic rings. The van der Waals surface area contributed by atoms with Crippen molar-refractivity contribution in [1.29, 1.82) is 0 Å². The number of halogens is 1. The highest BCUT2D eigenvalue weighted by molar-refractivity contribution is 14.1. The summed E-state index contributed by atoms with van der Waals surface area (Å²) in [5.74, 6) is -0.0502. The number of quaternary nitrogens is 1. The van der Waals surface area contributed by atoms with Gasteiger partial charge >= 0.3 is 0 Å². The molecule has 0 atom stereocenters. The van der Waals surface area contributed by atoms with Gasteiger partial charge in [-0.2, -0.15) is 4.31 Å². The lowest BCUT2D eigenvalue weighted by Gasteiger charge is -2.30. The van der Waals surface area contributed by atoms with Gasteiger partial charge in [0.15, 0.2) is 6.54 Å². The van der Waals surface area contributed by atoms with Crippen molar-refractivity contribution in [3.05, 3.63) is 45.3 Å². The Kier molecular flexibility index (Phi) is 6.10. The number of thiophene rings is 1. The smallest absolute Gasteiger partial charge is 0.279 e. The number of hydrogen-bond donors (Lipinski definition) is 2. The van der Waals surface area contributed by atoms with Crippen LogP contribution in [0.25, 0.3) is 0 Å². The number of piperazine rings is 1. The summed E-state index contributed by atoms with van der Waals surface area (Å²) in [6.07, 6.45) is 0. The molecule has 0 aliphatic carbocycles. The Morgan fingerprint density at radius 2 is 1.88 bits per heavy atom. The van der Waals surface area contributed by atoms with Gasteiger partial charge in [-0.3, -0.25) is 4.79 Å². The monoisotopic (exact) mass is 492 g/mol. The summed E-state index contributed by atoms with van der Waals surface area (Å²) in [4.78, 5) is 13.3. The standard InChI is InChI=1S/C16H18IN3O3S2/c17-13-3-5-14(6-4-13)18-15(21)12-19-7-9-20(10-8-19)25(22,23)16-2-1-11-24-16/h1-6,11H,7-10,12H2,(H,18,21)/p+1. The summed E-state index contributed by atoms with van der Waals surface area (Å²) < 4.78 is 28.0. The molecule has 1 aliphatic heterocycles. The Morgan fingerprint density at radius 1 is 1.20 bits per heavy atom. The van der Waals surface area contributed by atoms with Gasteiger partial charge < -0.3 is 10.2 Å². The van der Waals surface area contributed by atoms with Crippen molar-refractivity contribution in [3.63, 3.8) is 0 Å². The minimum atomic E-state index is -3.39. The van der Waals surface area contributed by atoms with E-state index in [9.17, 15) is 13.2 Å². The minimum absolute atomic E-state index is 0.0502. The first-order valence-corrected chi connectivity index (χ1v) is 11.3. The van der Waals surface area contributed by atoms with Crippen molar-refractivity contribution in [1.82, 2.24) is 4.31 Å². The average molecular weight is 492 g/mol. The van der Waals surface area contributed by atoms with Crippen molar-refractivity contribution in [3.8, 4) is 0 Å². The summed E-state index contributed by atoms with van der Waals surface area (Å²) in [5, 5.41) is 4.65. The van der Waals surface area contributed by atoms with E-state index in [-0.39, 0.29) is 5.91 Å². The molecule has 2 heterocycles. The summed E-state index contributed by atoms with van der Waals surface area (Å²) in [6, 6.07) is 11.0. The molecule has 1 amide bonds. The van der Waals surface area contributed by atoms with E-state index in [2.05, 4.69) is 27.9 Å². The topological polar surface area (TPSA) is 70.9 Å². The summed E-state index contributed by atoms with van der Waals surface area (Å²) in [7, 11) is -3.39. The highest BCUT2D eigenvalue weighted by Gasteiger charge is 2.31. The fourth-order valence-electron chi connectivity index (χ4n) is 2.72. The van der Waals surface area contributed by atoms with E-state index in [1.807, 2.05) is 24.3 Å². The second-order valence-electron chi connectivity index (χ2n) is 5.82. The average Bonchev–Trinajstić information content (AvgIpc) is 3.13. The third-order valence-electron chi connectivity index (χ3n) is 4.06. The SMILES string of the molecule is O=C(C[NH+]1CCN(S(=O)(=O)c2cccs2)CC1)Nc1ccc(I)cc1. The summed E-state index contributed by atoms with van der Waals surface area (Å²) in [5.41, 5.74) is 0.781. The van der Waals surface area contributed by atoms with Crippen molar-refractivity contribution in [2.24, 2.45) is 0 Å². The lowest BCUT2D eigenvalue weighted by Crippen LogP contribution is -3.15. The zero-order valence-electron chi connectivity index (χ0n) is 13.4. The van der Waals surface area contributed by atoms with E-state index < -0.39 is 10.0 Å². The van der Waals surface area contributed by atoms with E-state index in [1.54, 1.807) is 17.5 Å². The fourth-order valence-corrected chi connectivity index (χ4v) is 5.67. The van der Waals surface area contributed by atoms with Crippen LogP contribution in [-0.4, -0.2) is 51.4 Å². The molecule has 2 aromatic rings. The van der Waals surface area contributed by atoms with E-state index >= 15 is 0 Å². The number of carbonyl (C=O) groups excluding carboxylic acids is 1. The number of benzene rings is 1. The second kappa shape index (κ2) is 8.12. The molecule has 1 aromatic carbocycles. The quantitative estimate of drug-likeness (QED) is 0.610. The van der Waals surface area contributed by atoms with Crippen LogP contribution in [0.15, 0.2) is 46.0 Å². The number of nitrogens with one attached hydrogen (secondary N) is 2. The third-order valence-corrected chi connectivity index (χ3v) is 8.05. The number of amides is 1. The van der Waals surface area contributed by atoms with Gasteiger partial charge in [0.05, 0.1) is 26.2 Å². The maximum Gasteiger partial charge on any atom is 0.279 e. The Bertz CT molecular complexity index is 815. The molecule has 1 saturated heterocycles. The van der Waals surface area contributed by atoms with E-state index in [4.69, 9.17) is 0 Å². The first-order chi connectivity index (χ1) is 11.9. The molecule has 134 valence electrons. The first kappa shape index (κ1) is 18.8. The maximum atomic E-state index is 12.5. The molecular weight excluding hydrogens is 473 g/mol. The largest absolute Gasteiger partial charge is 0.325 e. The molecule has 1 fully saturated rings. The number of sulfonamides is 1. The second-order valence-corrected chi connectivity index (χ2v) is 10.2. The number of anilines is 1. The van der Waals surface area contributed by atoms with Crippen LogP contribution in [-0.2, 0) is 14.8 Å². The maximum absolute atomic E-state index is 12.5. The van der Waals surface area contributed by atoms with Crippen LogP contribution in [0.5, 0.6) is 0 Å². The Labute approximate surface area is 165 Å². The molecule has 0 bridgehead atoms. The van der Waals surface area contributed by atoms with Crippen LogP contribution in [0.1, 0.15) is 0 Å². The molecule has 0 unspecified atom stereocenters. The predicted octanol–water partition coefficient (Wildman–Crippen LogP) is 0.881. The molecule has 9 heteroatoms. The number of carbonyl (C=O) groups is 1. The highest BCUT2D eigenvalue weighted by atomic mass is 127. The van der Waals surface area contributed by atoms with Gasteiger partial charge in [-0.15, -0.1) is 11.3 Å². The van der Waals surface area contributed by atoms with Crippen LogP contribution in [0.4, 0.5) is 5.69 Å². The zero-order chi connectivity index (χ0) is 17.9. The van der Waals surface area contributed by atoms with Crippen LogP contribution in [0.3, 0.4) is 0 Å². The third kappa shape index (κ3) is 4.79. The Morgan fingerprint density at radius 3 is 2.48 bits per heavy atom. The van der Waals surface area contributed by atoms with Crippen molar-refractivity contribution in [2.45, 2.75) is 4.21 Å². The van der Waals surface area contributed by atoms with E-state index in [1.165, 1.54) is 15.6 Å². The molecule has 3 rings (SSSR count). The van der Waals surface area contributed by atoms with Crippen molar-refractivity contribution < 1.29 is 18.1 Å². The van der Waals surface area contributed by atoms with E-state index in [0.717, 1.165) is 14.2 Å². The van der Waals surface area contributed by atoms with Gasteiger partial charge in [-0.25, -0.2) is 8.42 Å². The zero-order valence-corrected chi connectivity index (χ0v) is 17.2. The number of nitrogens with zero attached hydrogens (tertiary/aromatic N) is 1. The van der Waals surface area contributed by atoms with Gasteiger partial charge in [0.25, 0.3) is 15.9 Å². The Balaban J connectivity index is 1.51. The molecule has 25 heavy (non-hydrogen) atoms. The molecular formula is C16H19IN3O3S2+. The molecule has 1 aromatic heterocycles. The number of rotatable bonds is 5. The number of hydrogen-bond acceptors (Lipinski definition) is 4. The molecule has 0 spiro atoms. The summed E-state index contributed by atoms with van der Waals surface area (Å²) >= 11 is 3.45. The molecule has 6 nitrogen and oxygen atoms in total. The minimum Gasteiger partial charge on any atom is -0.325 e. The highest BCUT2D eigenvalue weighted by Crippen LogP contribution is 2.20. The van der Waals surface area contributed by atoms with Crippen LogP contribution in [0, 0.1) is 3.57 Å². The molecule has 2 N–H and O–H groups in total. The normalized spacial score (nSPS) is 16.7.